The summed E-state index contributed by atoms with van der Waals surface area (Å²) < 4.78 is 0. The molecule has 0 aromatic heterocycles. The normalized spacial score (nSPS) is 17.2. The van der Waals surface area contributed by atoms with Crippen LogP contribution in [0.25, 0.3) is 0 Å². The van der Waals surface area contributed by atoms with Crippen LogP contribution >= 0.6 is 0 Å². The Bertz CT molecular complexity index is 143. The molecule has 0 aliphatic heterocycles. The van der Waals surface area contributed by atoms with E-state index < -0.39 is 0 Å². The Morgan fingerprint density at radius 1 is 0.250 bits per heavy atom. The van der Waals surface area contributed by atoms with Crippen LogP contribution in [0.4, 0.5) is 0 Å². The highest BCUT2D eigenvalue weighted by molar-refractivity contribution is 4.52. The molecule has 0 heterocycles. The first-order chi connectivity index (χ1) is 15.7. The van der Waals surface area contributed by atoms with E-state index in [0.717, 1.165) is 0 Å². The number of hydrogen-bond donors (Lipinski definition) is 4. The van der Waals surface area contributed by atoms with Crippen LogP contribution in [-0.4, -0.2) is 46.9 Å². The number of aliphatic hydroxyl groups excluding tert-OH is 4. The Kier molecular flexibility index (Phi) is 59.0. The third kappa shape index (κ3) is 63.1. The van der Waals surface area contributed by atoms with Gasteiger partial charge in [0.05, 0.1) is 0 Å². The molecule has 0 aromatic carbocycles. The van der Waals surface area contributed by atoms with Gasteiger partial charge in [0, 0.05) is 26.4 Å². The van der Waals surface area contributed by atoms with Gasteiger partial charge in [0.15, 0.2) is 0 Å². The van der Waals surface area contributed by atoms with E-state index in [-0.39, 0.29) is 26.4 Å². The average molecular weight is 465 g/mol. The summed E-state index contributed by atoms with van der Waals surface area (Å²) in [5.41, 5.74) is 0. The molecular weight excluding hydrogens is 400 g/mol. The predicted molar refractivity (Wildman–Crippen MR) is 143 cm³/mol. The Balaban J connectivity index is -0.000000272. The Morgan fingerprint density at radius 2 is 0.281 bits per heavy atom. The van der Waals surface area contributed by atoms with Gasteiger partial charge in [-0.25, -0.2) is 0 Å². The van der Waals surface area contributed by atoms with Gasteiger partial charge in [0.2, 0.25) is 0 Å². The summed E-state index contributed by atoms with van der Waals surface area (Å²) in [4.78, 5) is 0. The van der Waals surface area contributed by atoms with Crippen LogP contribution in [0.3, 0.4) is 0 Å². The zero-order valence-electron chi connectivity index (χ0n) is 22.8. The standard InChI is InChI=1S/C20H40.4C2H6O/c1-2-4-6-8-10-12-14-16-18-20-19-17-15-13-11-9-7-5-3-1;4*1-2-3/h1-20H2;4*3H,2H2,1H3. The van der Waals surface area contributed by atoms with Crippen LogP contribution in [0, 0.1) is 0 Å². The van der Waals surface area contributed by atoms with E-state index in [2.05, 4.69) is 0 Å². The maximum Gasteiger partial charge on any atom is 0.0402 e. The Morgan fingerprint density at radius 3 is 0.312 bits per heavy atom. The molecule has 1 saturated carbocycles. The lowest BCUT2D eigenvalue weighted by Gasteiger charge is -2.05. The van der Waals surface area contributed by atoms with Crippen molar-refractivity contribution in [2.45, 2.75) is 156 Å². The van der Waals surface area contributed by atoms with Gasteiger partial charge in [-0.2, -0.15) is 0 Å². The molecule has 1 rings (SSSR count). The summed E-state index contributed by atoms with van der Waals surface area (Å²) in [5.74, 6) is 0. The van der Waals surface area contributed by atoms with Gasteiger partial charge in [-0.05, 0) is 27.7 Å². The zero-order valence-corrected chi connectivity index (χ0v) is 22.8. The van der Waals surface area contributed by atoms with Gasteiger partial charge < -0.3 is 20.4 Å². The van der Waals surface area contributed by atoms with E-state index in [0.29, 0.717) is 0 Å². The minimum absolute atomic E-state index is 0.250. The smallest absolute Gasteiger partial charge is 0.0402 e. The summed E-state index contributed by atoms with van der Waals surface area (Å²) in [6.07, 6.45) is 30.0. The fourth-order valence-electron chi connectivity index (χ4n) is 3.54. The van der Waals surface area contributed by atoms with Gasteiger partial charge in [0.25, 0.3) is 0 Å². The molecular formula is C28H64O4. The van der Waals surface area contributed by atoms with Crippen molar-refractivity contribution < 1.29 is 20.4 Å². The van der Waals surface area contributed by atoms with E-state index in [4.69, 9.17) is 20.4 Å². The molecule has 1 aliphatic carbocycles. The number of aliphatic hydroxyl groups is 4. The van der Waals surface area contributed by atoms with Crippen LogP contribution in [-0.2, 0) is 0 Å². The molecule has 200 valence electrons. The van der Waals surface area contributed by atoms with Crippen LogP contribution in [0.5, 0.6) is 0 Å². The molecule has 1 aliphatic rings. The van der Waals surface area contributed by atoms with E-state index in [1.54, 1.807) is 27.7 Å². The van der Waals surface area contributed by atoms with Crippen LogP contribution in [0.15, 0.2) is 0 Å². The topological polar surface area (TPSA) is 80.9 Å². The fraction of sp³-hybridized carbons (Fsp3) is 1.00. The molecule has 0 radical (unpaired) electrons. The van der Waals surface area contributed by atoms with Crippen molar-refractivity contribution in [2.24, 2.45) is 0 Å². The lowest BCUT2D eigenvalue weighted by molar-refractivity contribution is 0.318. The molecule has 0 spiro atoms. The van der Waals surface area contributed by atoms with Gasteiger partial charge in [-0.1, -0.05) is 128 Å². The lowest BCUT2D eigenvalue weighted by atomic mass is 10.0. The Hall–Kier alpha value is -0.160. The minimum Gasteiger partial charge on any atom is -0.397 e. The van der Waals surface area contributed by atoms with Crippen LogP contribution in [0.2, 0.25) is 0 Å². The lowest BCUT2D eigenvalue weighted by Crippen LogP contribution is -1.85. The molecule has 1 fully saturated rings. The molecule has 4 nitrogen and oxygen atoms in total. The van der Waals surface area contributed by atoms with E-state index >= 15 is 0 Å². The van der Waals surface area contributed by atoms with Crippen molar-refractivity contribution >= 4 is 0 Å². The third-order valence-corrected chi connectivity index (χ3v) is 5.00. The molecule has 32 heavy (non-hydrogen) atoms. The number of hydrogen-bond acceptors (Lipinski definition) is 4. The average Bonchev–Trinajstić information content (AvgIpc) is 2.75. The summed E-state index contributed by atoms with van der Waals surface area (Å²) in [6.45, 7) is 7.72. The molecule has 0 saturated heterocycles. The second kappa shape index (κ2) is 48.3. The van der Waals surface area contributed by atoms with Gasteiger partial charge in [-0.15, -0.1) is 0 Å². The quantitative estimate of drug-likeness (QED) is 0.295. The predicted octanol–water partition coefficient (Wildman–Crippen LogP) is 7.80. The zero-order chi connectivity index (χ0) is 25.0. The second-order valence-corrected chi connectivity index (χ2v) is 8.34. The van der Waals surface area contributed by atoms with Crippen molar-refractivity contribution in [3.63, 3.8) is 0 Å². The van der Waals surface area contributed by atoms with Crippen molar-refractivity contribution in [1.82, 2.24) is 0 Å². The summed E-state index contributed by atoms with van der Waals surface area (Å²) in [5, 5.41) is 30.3. The highest BCUT2D eigenvalue weighted by Crippen LogP contribution is 2.16. The van der Waals surface area contributed by atoms with E-state index in [1.165, 1.54) is 128 Å². The third-order valence-electron chi connectivity index (χ3n) is 5.00. The summed E-state index contributed by atoms with van der Waals surface area (Å²) in [7, 11) is 0. The van der Waals surface area contributed by atoms with Crippen molar-refractivity contribution in [2.75, 3.05) is 26.4 Å². The molecule has 0 bridgehead atoms. The molecule has 0 atom stereocenters. The van der Waals surface area contributed by atoms with Crippen LogP contribution in [0.1, 0.15) is 156 Å². The largest absolute Gasteiger partial charge is 0.397 e. The minimum atomic E-state index is 0.250. The first kappa shape index (κ1) is 39.1. The Labute approximate surface area is 203 Å². The molecule has 4 N–H and O–H groups in total. The molecule has 4 heteroatoms. The first-order valence-corrected chi connectivity index (χ1v) is 14.1. The highest BCUT2D eigenvalue weighted by atomic mass is 16.3. The SMILES string of the molecule is C1CCCCCCCCCCCCCCCCCCC1.CCO.CCO.CCO.CCO. The van der Waals surface area contributed by atoms with Gasteiger partial charge in [0.1, 0.15) is 0 Å². The highest BCUT2D eigenvalue weighted by Gasteiger charge is 1.96. The van der Waals surface area contributed by atoms with E-state index in [9.17, 15) is 0 Å². The first-order valence-electron chi connectivity index (χ1n) is 14.1. The molecule has 0 unspecified atom stereocenters. The molecule has 0 aromatic rings. The maximum atomic E-state index is 7.57. The van der Waals surface area contributed by atoms with Gasteiger partial charge >= 0.3 is 0 Å². The van der Waals surface area contributed by atoms with Crippen molar-refractivity contribution in [3.05, 3.63) is 0 Å². The summed E-state index contributed by atoms with van der Waals surface area (Å²) >= 11 is 0. The van der Waals surface area contributed by atoms with Crippen molar-refractivity contribution in [3.8, 4) is 0 Å². The monoisotopic (exact) mass is 464 g/mol. The van der Waals surface area contributed by atoms with Gasteiger partial charge in [-0.3, -0.25) is 0 Å². The fourth-order valence-corrected chi connectivity index (χ4v) is 3.54. The number of rotatable bonds is 0. The maximum absolute atomic E-state index is 7.57. The summed E-state index contributed by atoms with van der Waals surface area (Å²) in [6, 6.07) is 0. The molecule has 0 amide bonds. The van der Waals surface area contributed by atoms with E-state index in [1.807, 2.05) is 0 Å². The second-order valence-electron chi connectivity index (χ2n) is 8.34. The van der Waals surface area contributed by atoms with Crippen LogP contribution < -0.4 is 0 Å². The van der Waals surface area contributed by atoms with Crippen molar-refractivity contribution in [1.29, 1.82) is 0 Å².